The number of rotatable bonds is 4. The maximum absolute atomic E-state index is 9.68. The molecular weight excluding hydrogens is 266 g/mol. The van der Waals surface area contributed by atoms with Gasteiger partial charge in [-0.15, -0.1) is 11.8 Å². The predicted molar refractivity (Wildman–Crippen MR) is 75.9 cm³/mol. The second kappa shape index (κ2) is 6.23. The number of halogens is 1. The molecule has 0 aliphatic carbocycles. The average molecular weight is 280 g/mol. The topological polar surface area (TPSA) is 33.1 Å². The first-order valence-corrected chi connectivity index (χ1v) is 7.04. The van der Waals surface area contributed by atoms with Gasteiger partial charge in [0.1, 0.15) is 5.03 Å². The molecule has 2 rings (SSSR count). The van der Waals surface area contributed by atoms with Gasteiger partial charge < -0.3 is 5.11 Å². The summed E-state index contributed by atoms with van der Waals surface area (Å²) in [6.07, 6.45) is 1.23. The van der Waals surface area contributed by atoms with Crippen molar-refractivity contribution >= 4 is 23.4 Å². The van der Waals surface area contributed by atoms with Gasteiger partial charge in [0, 0.05) is 22.5 Å². The monoisotopic (exact) mass is 279 g/mol. The highest BCUT2D eigenvalue weighted by Gasteiger charge is 2.09. The highest BCUT2D eigenvalue weighted by Crippen LogP contribution is 2.29. The lowest BCUT2D eigenvalue weighted by Crippen LogP contribution is -1.96. The molecule has 0 fully saturated rings. The van der Waals surface area contributed by atoms with Crippen LogP contribution in [0.3, 0.4) is 0 Å². The Hall–Kier alpha value is -1.03. The van der Waals surface area contributed by atoms with Crippen LogP contribution in [-0.2, 0) is 5.75 Å². The van der Waals surface area contributed by atoms with Gasteiger partial charge in [-0.05, 0) is 24.6 Å². The van der Waals surface area contributed by atoms with Gasteiger partial charge in [-0.25, -0.2) is 4.98 Å². The fourth-order valence-electron chi connectivity index (χ4n) is 1.60. The molecule has 18 heavy (non-hydrogen) atoms. The summed E-state index contributed by atoms with van der Waals surface area (Å²) in [6.45, 7) is 1.75. The lowest BCUT2D eigenvalue weighted by Gasteiger charge is -2.10. The first-order valence-electron chi connectivity index (χ1n) is 5.67. The Morgan fingerprint density at radius 3 is 2.78 bits per heavy atom. The van der Waals surface area contributed by atoms with Gasteiger partial charge in [0.05, 0.1) is 6.10 Å². The van der Waals surface area contributed by atoms with Crippen molar-refractivity contribution in [3.8, 4) is 0 Å². The summed E-state index contributed by atoms with van der Waals surface area (Å²) < 4.78 is 0. The first-order chi connectivity index (χ1) is 8.68. The molecule has 0 amide bonds. The number of benzene rings is 1. The third-order valence-corrected chi connectivity index (χ3v) is 4.01. The minimum atomic E-state index is -0.507. The van der Waals surface area contributed by atoms with E-state index in [1.165, 1.54) is 0 Å². The van der Waals surface area contributed by atoms with Crippen molar-refractivity contribution < 1.29 is 5.11 Å². The Morgan fingerprint density at radius 1 is 1.28 bits per heavy atom. The zero-order chi connectivity index (χ0) is 13.0. The highest BCUT2D eigenvalue weighted by molar-refractivity contribution is 7.98. The summed E-state index contributed by atoms with van der Waals surface area (Å²) in [4.78, 5) is 4.30. The molecule has 1 atom stereocenters. The van der Waals surface area contributed by atoms with Crippen LogP contribution in [-0.4, -0.2) is 10.1 Å². The molecule has 0 saturated heterocycles. The van der Waals surface area contributed by atoms with Crippen LogP contribution in [0.2, 0.25) is 5.02 Å². The van der Waals surface area contributed by atoms with Crippen molar-refractivity contribution in [1.29, 1.82) is 0 Å². The molecule has 1 unspecified atom stereocenters. The number of nitrogens with zero attached hydrogens (tertiary/aromatic N) is 1. The maximum atomic E-state index is 9.68. The van der Waals surface area contributed by atoms with E-state index in [1.54, 1.807) is 24.9 Å². The molecule has 0 aliphatic rings. The fourth-order valence-corrected chi connectivity index (χ4v) is 2.97. The van der Waals surface area contributed by atoms with Gasteiger partial charge >= 0.3 is 0 Å². The van der Waals surface area contributed by atoms with E-state index in [0.717, 1.165) is 26.9 Å². The number of hydrogen-bond donors (Lipinski definition) is 1. The van der Waals surface area contributed by atoms with E-state index in [0.29, 0.717) is 0 Å². The lowest BCUT2D eigenvalue weighted by molar-refractivity contribution is 0.195. The standard InChI is InChI=1S/C14H14ClNOS/c1-10(17)12-6-4-8-16-14(12)18-9-11-5-2-3-7-13(11)15/h2-8,10,17H,9H2,1H3. The average Bonchev–Trinajstić information content (AvgIpc) is 2.38. The Bertz CT molecular complexity index is 531. The van der Waals surface area contributed by atoms with E-state index in [2.05, 4.69) is 4.98 Å². The van der Waals surface area contributed by atoms with Crippen LogP contribution in [0.4, 0.5) is 0 Å². The van der Waals surface area contributed by atoms with Crippen LogP contribution in [0.15, 0.2) is 47.6 Å². The van der Waals surface area contributed by atoms with Crippen LogP contribution in [0, 0.1) is 0 Å². The molecule has 94 valence electrons. The highest BCUT2D eigenvalue weighted by atomic mass is 35.5. The second-order valence-electron chi connectivity index (χ2n) is 3.95. The van der Waals surface area contributed by atoms with Gasteiger partial charge in [0.15, 0.2) is 0 Å². The summed E-state index contributed by atoms with van der Waals surface area (Å²) in [5.41, 5.74) is 1.93. The van der Waals surface area contributed by atoms with Crippen LogP contribution in [0.1, 0.15) is 24.2 Å². The Kier molecular flexibility index (Phi) is 4.64. The van der Waals surface area contributed by atoms with E-state index in [-0.39, 0.29) is 0 Å². The number of pyridine rings is 1. The first kappa shape index (κ1) is 13.4. The molecular formula is C14H14ClNOS. The summed E-state index contributed by atoms with van der Waals surface area (Å²) in [7, 11) is 0. The van der Waals surface area contributed by atoms with E-state index in [9.17, 15) is 5.11 Å². The summed E-state index contributed by atoms with van der Waals surface area (Å²) in [5, 5.41) is 11.3. The smallest absolute Gasteiger partial charge is 0.102 e. The molecule has 2 aromatic rings. The normalized spacial score (nSPS) is 12.4. The van der Waals surface area contributed by atoms with Gasteiger partial charge in [-0.1, -0.05) is 35.9 Å². The van der Waals surface area contributed by atoms with Crippen LogP contribution in [0.25, 0.3) is 0 Å². The zero-order valence-electron chi connectivity index (χ0n) is 10.0. The summed E-state index contributed by atoms with van der Waals surface area (Å²) in [5.74, 6) is 0.746. The molecule has 0 aliphatic heterocycles. The van der Waals surface area contributed by atoms with Gasteiger partial charge in [0.2, 0.25) is 0 Å². The Morgan fingerprint density at radius 2 is 2.06 bits per heavy atom. The zero-order valence-corrected chi connectivity index (χ0v) is 11.6. The molecule has 0 radical (unpaired) electrons. The van der Waals surface area contributed by atoms with Crippen molar-refractivity contribution in [3.63, 3.8) is 0 Å². The third-order valence-electron chi connectivity index (χ3n) is 2.57. The van der Waals surface area contributed by atoms with E-state index < -0.39 is 6.10 Å². The fraction of sp³-hybridized carbons (Fsp3) is 0.214. The van der Waals surface area contributed by atoms with Gasteiger partial charge in [-0.2, -0.15) is 0 Å². The lowest BCUT2D eigenvalue weighted by atomic mass is 10.2. The SMILES string of the molecule is CC(O)c1cccnc1SCc1ccccc1Cl. The van der Waals surface area contributed by atoms with Crippen LogP contribution < -0.4 is 0 Å². The van der Waals surface area contributed by atoms with Crippen LogP contribution in [0.5, 0.6) is 0 Å². The quantitative estimate of drug-likeness (QED) is 0.856. The third kappa shape index (κ3) is 3.25. The summed E-state index contributed by atoms with van der Waals surface area (Å²) >= 11 is 7.70. The van der Waals surface area contributed by atoms with E-state index in [4.69, 9.17) is 11.6 Å². The second-order valence-corrected chi connectivity index (χ2v) is 5.33. The molecule has 1 N–H and O–H groups in total. The molecule has 2 nitrogen and oxygen atoms in total. The molecule has 0 saturated carbocycles. The Labute approximate surface area is 116 Å². The number of aliphatic hydroxyl groups is 1. The molecule has 1 aromatic carbocycles. The molecule has 1 aromatic heterocycles. The molecule has 1 heterocycles. The van der Waals surface area contributed by atoms with E-state index >= 15 is 0 Å². The van der Waals surface area contributed by atoms with Crippen molar-refractivity contribution in [2.24, 2.45) is 0 Å². The van der Waals surface area contributed by atoms with Gasteiger partial charge in [-0.3, -0.25) is 0 Å². The number of aromatic nitrogens is 1. The number of thioether (sulfide) groups is 1. The van der Waals surface area contributed by atoms with Crippen molar-refractivity contribution in [1.82, 2.24) is 4.98 Å². The minimum Gasteiger partial charge on any atom is -0.389 e. The molecule has 0 bridgehead atoms. The molecule has 4 heteroatoms. The predicted octanol–water partition coefficient (Wildman–Crippen LogP) is 4.08. The van der Waals surface area contributed by atoms with E-state index in [1.807, 2.05) is 36.4 Å². The maximum Gasteiger partial charge on any atom is 0.102 e. The van der Waals surface area contributed by atoms with Crippen molar-refractivity contribution in [2.45, 2.75) is 23.8 Å². The molecule has 0 spiro atoms. The largest absolute Gasteiger partial charge is 0.389 e. The van der Waals surface area contributed by atoms with Crippen molar-refractivity contribution in [3.05, 3.63) is 58.7 Å². The van der Waals surface area contributed by atoms with Gasteiger partial charge in [0.25, 0.3) is 0 Å². The number of aliphatic hydroxyl groups excluding tert-OH is 1. The minimum absolute atomic E-state index is 0.507. The van der Waals surface area contributed by atoms with Crippen molar-refractivity contribution in [2.75, 3.05) is 0 Å². The summed E-state index contributed by atoms with van der Waals surface area (Å²) in [6, 6.07) is 11.5. The number of hydrogen-bond acceptors (Lipinski definition) is 3. The Balaban J connectivity index is 2.14. The van der Waals surface area contributed by atoms with Crippen LogP contribution >= 0.6 is 23.4 Å².